The van der Waals surface area contributed by atoms with Crippen LogP contribution in [0.5, 0.6) is 0 Å². The van der Waals surface area contributed by atoms with Crippen molar-refractivity contribution in [2.24, 2.45) is 0 Å². The molecular weight excluding hydrogens is 827 g/mol. The number of rotatable bonds is 7. The molecule has 4 aliphatic rings. The highest BCUT2D eigenvalue weighted by Gasteiger charge is 2.23. The summed E-state index contributed by atoms with van der Waals surface area (Å²) in [6, 6.07) is 36.9. The summed E-state index contributed by atoms with van der Waals surface area (Å²) in [5.41, 5.74) is 19.7. The Labute approximate surface area is 374 Å². The third kappa shape index (κ3) is 9.14. The van der Waals surface area contributed by atoms with Crippen molar-refractivity contribution in [3.05, 3.63) is 170 Å². The lowest BCUT2D eigenvalue weighted by atomic mass is 9.99. The molecule has 0 unspecified atom stereocenters. The van der Waals surface area contributed by atoms with Gasteiger partial charge in [0.25, 0.3) is 0 Å². The summed E-state index contributed by atoms with van der Waals surface area (Å²) in [5, 5.41) is 3.51. The third-order valence-corrected chi connectivity index (χ3v) is 14.3. The number of morpholine rings is 2. The van der Waals surface area contributed by atoms with Crippen molar-refractivity contribution >= 4 is 46.3 Å². The van der Waals surface area contributed by atoms with Gasteiger partial charge < -0.3 is 40.3 Å². The molecule has 2 fully saturated rings. The number of H-pyrrole nitrogens is 2. The second-order valence-electron chi connectivity index (χ2n) is 16.0. The van der Waals surface area contributed by atoms with E-state index in [4.69, 9.17) is 15.2 Å². The summed E-state index contributed by atoms with van der Waals surface area (Å²) in [7, 11) is 0. The van der Waals surface area contributed by atoms with E-state index in [2.05, 4.69) is 115 Å². The van der Waals surface area contributed by atoms with E-state index in [-0.39, 0.29) is 11.1 Å². The molecule has 2 saturated heterocycles. The third-order valence-electron chi connectivity index (χ3n) is 11.7. The maximum atomic E-state index is 12.6. The minimum atomic E-state index is -0.0782. The summed E-state index contributed by atoms with van der Waals surface area (Å²) in [6.07, 6.45) is 5.39. The SMILES string of the molecule is Nc1ccc2c(c1)Cc1cccc(-c3cc(N4CCOCC4)cc(=O)[nH]3)c1S2.O=c1cc(N2CCOCC2)cc(-c2cccc3c2Sc2ccc(NCc4cccnc4)cc2C3)[nH]1. The van der Waals surface area contributed by atoms with Crippen LogP contribution in [0.4, 0.5) is 22.7 Å². The molecule has 63 heavy (non-hydrogen) atoms. The van der Waals surface area contributed by atoms with Crippen LogP contribution in [0.15, 0.2) is 151 Å². The normalized spacial score (nSPS) is 15.2. The van der Waals surface area contributed by atoms with Crippen molar-refractivity contribution in [2.75, 3.05) is 73.5 Å². The van der Waals surface area contributed by atoms with Gasteiger partial charge in [0, 0.05) is 111 Å². The van der Waals surface area contributed by atoms with Crippen molar-refractivity contribution in [2.45, 2.75) is 39.0 Å². The molecule has 5 N–H and O–H groups in total. The maximum Gasteiger partial charge on any atom is 0.250 e. The number of nitrogens with one attached hydrogen (secondary N) is 3. The van der Waals surface area contributed by atoms with Gasteiger partial charge in [-0.05, 0) is 95.3 Å². The summed E-state index contributed by atoms with van der Waals surface area (Å²) in [6.45, 7) is 6.72. The number of ether oxygens (including phenoxy) is 2. The maximum absolute atomic E-state index is 12.6. The van der Waals surface area contributed by atoms with Crippen molar-refractivity contribution in [1.82, 2.24) is 15.0 Å². The zero-order chi connectivity index (χ0) is 42.7. The zero-order valence-electron chi connectivity index (χ0n) is 34.7. The standard InChI is InChI=1S/C28H26N4O2S.C22H21N3O2S/c33-27-16-23(32-9-11-34-12-10-32)15-25(31-27)24-5-1-4-20-13-21-14-22(6-7-26(21)35-28(20)24)30-18-19-3-2-8-29-17-19;23-16-4-5-20-15(11-16)10-14-2-1-3-18(22(14)28-20)19-12-17(13-21(26)24-19)25-6-8-27-9-7-25/h1-8,14-17,30H,9-13,18H2,(H,31,33);1-5,11-13H,6-10,23H2,(H,24,26). The molecule has 11 rings (SSSR count). The van der Waals surface area contributed by atoms with Crippen molar-refractivity contribution in [1.29, 1.82) is 0 Å². The fourth-order valence-corrected chi connectivity index (χ4v) is 10.9. The molecule has 0 bridgehead atoms. The van der Waals surface area contributed by atoms with Crippen molar-refractivity contribution < 1.29 is 9.47 Å². The smallest absolute Gasteiger partial charge is 0.250 e. The molecule has 4 aromatic carbocycles. The number of nitrogens with zero attached hydrogens (tertiary/aromatic N) is 3. The van der Waals surface area contributed by atoms with Crippen LogP contribution >= 0.6 is 23.5 Å². The van der Waals surface area contributed by atoms with Gasteiger partial charge in [-0.2, -0.15) is 0 Å². The molecule has 0 saturated carbocycles. The first-order valence-corrected chi connectivity index (χ1v) is 22.9. The molecule has 0 radical (unpaired) electrons. The van der Waals surface area contributed by atoms with E-state index in [9.17, 15) is 9.59 Å². The van der Waals surface area contributed by atoms with Crippen LogP contribution in [0.3, 0.4) is 0 Å². The van der Waals surface area contributed by atoms with E-state index in [0.717, 1.165) is 96.4 Å². The molecule has 0 spiro atoms. The first-order valence-electron chi connectivity index (χ1n) is 21.3. The molecule has 3 aromatic heterocycles. The molecule has 4 aliphatic heterocycles. The van der Waals surface area contributed by atoms with Crippen molar-refractivity contribution in [3.63, 3.8) is 0 Å². The van der Waals surface area contributed by atoms with Gasteiger partial charge in [0.15, 0.2) is 0 Å². The number of benzene rings is 4. The van der Waals surface area contributed by atoms with Crippen molar-refractivity contribution in [3.8, 4) is 22.5 Å². The number of anilines is 4. The largest absolute Gasteiger partial charge is 0.399 e. The highest BCUT2D eigenvalue weighted by molar-refractivity contribution is 8.00. The number of fused-ring (bicyclic) bond motifs is 4. The van der Waals surface area contributed by atoms with Gasteiger partial charge >= 0.3 is 0 Å². The zero-order valence-corrected chi connectivity index (χ0v) is 36.3. The summed E-state index contributed by atoms with van der Waals surface area (Å²) in [5.74, 6) is 0. The van der Waals surface area contributed by atoms with Gasteiger partial charge in [-0.3, -0.25) is 14.6 Å². The Hall–Kier alpha value is -6.25. The second-order valence-corrected chi connectivity index (χ2v) is 18.1. The average molecular weight is 874 g/mol. The number of nitrogens with two attached hydrogens (primary N) is 1. The molecule has 0 aliphatic carbocycles. The van der Waals surface area contributed by atoms with E-state index < -0.39 is 0 Å². The first-order chi connectivity index (χ1) is 30.9. The van der Waals surface area contributed by atoms with E-state index in [1.54, 1.807) is 41.9 Å². The number of pyridine rings is 3. The Morgan fingerprint density at radius 2 is 1.17 bits per heavy atom. The van der Waals surface area contributed by atoms with E-state index in [1.807, 2.05) is 18.3 Å². The van der Waals surface area contributed by atoms with Crippen LogP contribution in [0.1, 0.15) is 27.8 Å². The fourth-order valence-electron chi connectivity index (χ4n) is 8.57. The highest BCUT2D eigenvalue weighted by atomic mass is 32.2. The average Bonchev–Trinajstić information content (AvgIpc) is 3.32. The van der Waals surface area contributed by atoms with Crippen LogP contribution in [0.25, 0.3) is 22.5 Å². The van der Waals surface area contributed by atoms with Gasteiger partial charge in [-0.25, -0.2) is 0 Å². The Morgan fingerprint density at radius 3 is 1.73 bits per heavy atom. The number of aromatic amines is 2. The topological polar surface area (TPSA) is 142 Å². The number of hydrogen-bond donors (Lipinski definition) is 4. The van der Waals surface area contributed by atoms with Crippen LogP contribution < -0.4 is 32.0 Å². The monoisotopic (exact) mass is 873 g/mol. The molecule has 7 aromatic rings. The Balaban J connectivity index is 0.000000153. The lowest BCUT2D eigenvalue weighted by Crippen LogP contribution is -2.36. The van der Waals surface area contributed by atoms with Crippen LogP contribution in [-0.2, 0) is 28.9 Å². The predicted molar refractivity (Wildman–Crippen MR) is 254 cm³/mol. The van der Waals surface area contributed by atoms with Gasteiger partial charge in [-0.15, -0.1) is 0 Å². The lowest BCUT2D eigenvalue weighted by molar-refractivity contribution is 0.122. The summed E-state index contributed by atoms with van der Waals surface area (Å²) < 4.78 is 10.9. The summed E-state index contributed by atoms with van der Waals surface area (Å²) in [4.78, 5) is 44.6. The highest BCUT2D eigenvalue weighted by Crippen LogP contribution is 2.46. The Morgan fingerprint density at radius 1 is 0.619 bits per heavy atom. The molecule has 11 nitrogen and oxygen atoms in total. The van der Waals surface area contributed by atoms with Crippen LogP contribution in [-0.4, -0.2) is 67.6 Å². The Kier molecular flexibility index (Phi) is 11.8. The quantitative estimate of drug-likeness (QED) is 0.115. The molecular formula is C50H47N7O4S2. The van der Waals surface area contributed by atoms with E-state index in [1.165, 1.54) is 41.8 Å². The fraction of sp³-hybridized carbons (Fsp3) is 0.220. The van der Waals surface area contributed by atoms with E-state index in [0.29, 0.717) is 26.4 Å². The number of hydrogen-bond acceptors (Lipinski definition) is 11. The minimum Gasteiger partial charge on any atom is -0.399 e. The molecule has 318 valence electrons. The van der Waals surface area contributed by atoms with Gasteiger partial charge in [0.2, 0.25) is 11.1 Å². The van der Waals surface area contributed by atoms with Crippen LogP contribution in [0, 0.1) is 0 Å². The second kappa shape index (κ2) is 18.2. The first kappa shape index (κ1) is 40.8. The summed E-state index contributed by atoms with van der Waals surface area (Å²) >= 11 is 3.53. The lowest BCUT2D eigenvalue weighted by Gasteiger charge is -2.29. The predicted octanol–water partition coefficient (Wildman–Crippen LogP) is 8.46. The molecule has 7 heterocycles. The molecule has 13 heteroatoms. The molecule has 0 atom stereocenters. The number of aromatic nitrogens is 3. The van der Waals surface area contributed by atoms with Gasteiger partial charge in [-0.1, -0.05) is 66.0 Å². The van der Waals surface area contributed by atoms with Crippen LogP contribution in [0.2, 0.25) is 0 Å². The van der Waals surface area contributed by atoms with Gasteiger partial charge in [0.05, 0.1) is 37.8 Å². The van der Waals surface area contributed by atoms with Gasteiger partial charge in [0.1, 0.15) is 0 Å². The van der Waals surface area contributed by atoms with E-state index >= 15 is 0 Å². The Bertz CT molecular complexity index is 2910. The minimum absolute atomic E-state index is 0.0767. The molecule has 0 amide bonds. The number of nitrogen functional groups attached to an aromatic ring is 1.